The number of aliphatic carboxylic acids is 1. The molecule has 0 amide bonds. The maximum absolute atomic E-state index is 10.8. The Morgan fingerprint density at radius 2 is 1.72 bits per heavy atom. The van der Waals surface area contributed by atoms with Crippen molar-refractivity contribution in [1.82, 2.24) is 0 Å². The lowest BCUT2D eigenvalue weighted by atomic mass is 9.71. The second-order valence-corrected chi connectivity index (χ2v) is 8.22. The number of rotatable bonds is 9. The molecule has 1 aliphatic rings. The molecule has 0 radical (unpaired) electrons. The highest BCUT2D eigenvalue weighted by Gasteiger charge is 2.38. The number of oxime groups is 1. The number of benzene rings is 3. The summed E-state index contributed by atoms with van der Waals surface area (Å²) in [5, 5.41) is 16.9. The molecule has 2 N–H and O–H groups in total. The fraction of sp³-hybridized carbons (Fsp3) is 0.259. The SMILES string of the molecule is CO/N=C(/c1ccccc1)c1cccc(C2(Nc3ccc(CCC(=O)O)cc3)CCC2)c1. The molecule has 0 aromatic heterocycles. The van der Waals surface area contributed by atoms with Crippen LogP contribution in [-0.2, 0) is 21.6 Å². The molecule has 0 unspecified atom stereocenters. The minimum Gasteiger partial charge on any atom is -0.481 e. The molecule has 0 spiro atoms. The van der Waals surface area contributed by atoms with Crippen LogP contribution in [-0.4, -0.2) is 23.9 Å². The zero-order valence-corrected chi connectivity index (χ0v) is 18.3. The Bertz CT molecular complexity index is 1090. The number of carboxylic acids is 1. The molecular weight excluding hydrogens is 400 g/mol. The van der Waals surface area contributed by atoms with Gasteiger partial charge in [-0.2, -0.15) is 0 Å². The average molecular weight is 429 g/mol. The topological polar surface area (TPSA) is 70.9 Å². The van der Waals surface area contributed by atoms with Gasteiger partial charge < -0.3 is 15.3 Å². The molecule has 0 heterocycles. The Morgan fingerprint density at radius 3 is 2.34 bits per heavy atom. The van der Waals surface area contributed by atoms with Crippen LogP contribution in [0.1, 0.15) is 47.9 Å². The molecule has 0 aliphatic heterocycles. The van der Waals surface area contributed by atoms with Gasteiger partial charge in [0.2, 0.25) is 0 Å². The summed E-state index contributed by atoms with van der Waals surface area (Å²) in [7, 11) is 1.57. The normalized spacial score (nSPS) is 15.0. The zero-order chi connectivity index (χ0) is 22.4. The van der Waals surface area contributed by atoms with Crippen molar-refractivity contribution in [1.29, 1.82) is 0 Å². The first-order chi connectivity index (χ1) is 15.6. The molecule has 3 aromatic carbocycles. The highest BCUT2D eigenvalue weighted by Crippen LogP contribution is 2.44. The van der Waals surface area contributed by atoms with Gasteiger partial charge >= 0.3 is 5.97 Å². The lowest BCUT2D eigenvalue weighted by Gasteiger charge is -2.44. The molecule has 0 bridgehead atoms. The van der Waals surface area contributed by atoms with Gasteiger partial charge in [0.05, 0.1) is 5.54 Å². The molecule has 1 fully saturated rings. The Kier molecular flexibility index (Phi) is 6.55. The lowest BCUT2D eigenvalue weighted by Crippen LogP contribution is -2.42. The molecule has 1 saturated carbocycles. The van der Waals surface area contributed by atoms with E-state index < -0.39 is 5.97 Å². The van der Waals surface area contributed by atoms with Crippen LogP contribution in [0.3, 0.4) is 0 Å². The summed E-state index contributed by atoms with van der Waals surface area (Å²) in [6, 6.07) is 26.7. The van der Waals surface area contributed by atoms with Crippen LogP contribution >= 0.6 is 0 Å². The standard InChI is InChI=1S/C27H28N2O3/c1-32-29-26(21-7-3-2-4-8-21)22-9-5-10-23(19-22)27(17-6-18-27)28-24-14-11-20(12-15-24)13-16-25(30)31/h2-5,7-12,14-15,19,28H,6,13,16-18H2,1H3,(H,30,31)/b29-26-. The molecule has 3 aromatic rings. The van der Waals surface area contributed by atoms with Crippen molar-refractivity contribution in [3.63, 3.8) is 0 Å². The summed E-state index contributed by atoms with van der Waals surface area (Å²) in [6.07, 6.45) is 3.98. The van der Waals surface area contributed by atoms with Crippen LogP contribution in [0.15, 0.2) is 84.0 Å². The largest absolute Gasteiger partial charge is 0.481 e. The van der Waals surface area contributed by atoms with E-state index >= 15 is 0 Å². The van der Waals surface area contributed by atoms with Crippen molar-refractivity contribution in [3.8, 4) is 0 Å². The minimum absolute atomic E-state index is 0.118. The maximum Gasteiger partial charge on any atom is 0.303 e. The third-order valence-electron chi connectivity index (χ3n) is 6.09. The minimum atomic E-state index is -0.771. The highest BCUT2D eigenvalue weighted by atomic mass is 16.6. The van der Waals surface area contributed by atoms with Crippen LogP contribution in [0.25, 0.3) is 0 Å². The van der Waals surface area contributed by atoms with E-state index in [2.05, 4.69) is 34.7 Å². The predicted octanol–water partition coefficient (Wildman–Crippen LogP) is 5.59. The molecule has 4 rings (SSSR count). The summed E-state index contributed by atoms with van der Waals surface area (Å²) < 4.78 is 0. The first kappa shape index (κ1) is 21.6. The number of hydrogen-bond acceptors (Lipinski definition) is 4. The third-order valence-corrected chi connectivity index (χ3v) is 6.09. The number of carboxylic acid groups (broad SMARTS) is 1. The molecular formula is C27H28N2O3. The predicted molar refractivity (Wildman–Crippen MR) is 127 cm³/mol. The first-order valence-corrected chi connectivity index (χ1v) is 11.0. The second kappa shape index (κ2) is 9.69. The van der Waals surface area contributed by atoms with Crippen molar-refractivity contribution < 1.29 is 14.7 Å². The molecule has 164 valence electrons. The summed E-state index contributed by atoms with van der Waals surface area (Å²) in [5.41, 5.74) is 6.04. The van der Waals surface area contributed by atoms with Crippen molar-refractivity contribution in [2.45, 2.75) is 37.6 Å². The molecule has 5 nitrogen and oxygen atoms in total. The van der Waals surface area contributed by atoms with Gasteiger partial charge in [-0.3, -0.25) is 4.79 Å². The molecule has 1 aliphatic carbocycles. The first-order valence-electron chi connectivity index (χ1n) is 11.0. The van der Waals surface area contributed by atoms with Crippen LogP contribution in [0, 0.1) is 0 Å². The fourth-order valence-electron chi connectivity index (χ4n) is 4.22. The van der Waals surface area contributed by atoms with Crippen molar-refractivity contribution in [3.05, 3.63) is 101 Å². The summed E-state index contributed by atoms with van der Waals surface area (Å²) in [4.78, 5) is 16.0. The Morgan fingerprint density at radius 1 is 1.00 bits per heavy atom. The van der Waals surface area contributed by atoms with E-state index in [4.69, 9.17) is 9.94 Å². The Labute approximate surface area is 188 Å². The van der Waals surface area contributed by atoms with Crippen LogP contribution in [0.4, 0.5) is 5.69 Å². The number of nitrogens with one attached hydrogen (secondary N) is 1. The fourth-order valence-corrected chi connectivity index (χ4v) is 4.22. The second-order valence-electron chi connectivity index (χ2n) is 8.22. The van der Waals surface area contributed by atoms with Gasteiger partial charge in [0.25, 0.3) is 0 Å². The summed E-state index contributed by atoms with van der Waals surface area (Å²) in [5.74, 6) is -0.771. The van der Waals surface area contributed by atoms with E-state index in [1.54, 1.807) is 7.11 Å². The van der Waals surface area contributed by atoms with E-state index in [1.165, 1.54) is 12.0 Å². The monoisotopic (exact) mass is 428 g/mol. The van der Waals surface area contributed by atoms with Gasteiger partial charge in [0.1, 0.15) is 12.8 Å². The number of nitrogens with zero attached hydrogens (tertiary/aromatic N) is 1. The quantitative estimate of drug-likeness (QED) is 0.344. The van der Waals surface area contributed by atoms with Gasteiger partial charge in [-0.1, -0.05) is 65.8 Å². The number of hydrogen-bond donors (Lipinski definition) is 2. The third kappa shape index (κ3) is 4.83. The van der Waals surface area contributed by atoms with Crippen LogP contribution in [0.2, 0.25) is 0 Å². The van der Waals surface area contributed by atoms with E-state index in [0.29, 0.717) is 6.42 Å². The van der Waals surface area contributed by atoms with Gasteiger partial charge in [-0.25, -0.2) is 0 Å². The van der Waals surface area contributed by atoms with Crippen molar-refractivity contribution in [2.24, 2.45) is 5.16 Å². The number of anilines is 1. The maximum atomic E-state index is 10.8. The van der Waals surface area contributed by atoms with Crippen molar-refractivity contribution >= 4 is 17.4 Å². The highest BCUT2D eigenvalue weighted by molar-refractivity contribution is 6.12. The van der Waals surface area contributed by atoms with Gasteiger partial charge in [-0.15, -0.1) is 0 Å². The molecule has 0 atom stereocenters. The van der Waals surface area contributed by atoms with Gasteiger partial charge in [0, 0.05) is 23.2 Å². The van der Waals surface area contributed by atoms with E-state index in [9.17, 15) is 4.79 Å². The molecule has 32 heavy (non-hydrogen) atoms. The van der Waals surface area contributed by atoms with Gasteiger partial charge in [0.15, 0.2) is 0 Å². The summed E-state index contributed by atoms with van der Waals surface area (Å²) in [6.45, 7) is 0. The Balaban J connectivity index is 1.58. The summed E-state index contributed by atoms with van der Waals surface area (Å²) >= 11 is 0. The van der Waals surface area contributed by atoms with Crippen LogP contribution < -0.4 is 5.32 Å². The van der Waals surface area contributed by atoms with Crippen molar-refractivity contribution in [2.75, 3.05) is 12.4 Å². The zero-order valence-electron chi connectivity index (χ0n) is 18.3. The average Bonchev–Trinajstić information content (AvgIpc) is 2.80. The number of aryl methyl sites for hydroxylation is 1. The van der Waals surface area contributed by atoms with Gasteiger partial charge in [-0.05, 0) is 55.0 Å². The lowest BCUT2D eigenvalue weighted by molar-refractivity contribution is -0.136. The van der Waals surface area contributed by atoms with Crippen LogP contribution in [0.5, 0.6) is 0 Å². The molecule has 5 heteroatoms. The number of carbonyl (C=O) groups is 1. The Hall–Kier alpha value is -3.60. The smallest absolute Gasteiger partial charge is 0.303 e. The van der Waals surface area contributed by atoms with E-state index in [1.807, 2.05) is 54.6 Å². The van der Waals surface area contributed by atoms with E-state index in [0.717, 1.165) is 40.9 Å². The van der Waals surface area contributed by atoms with E-state index in [-0.39, 0.29) is 12.0 Å². The molecule has 0 saturated heterocycles.